The van der Waals surface area contributed by atoms with E-state index in [1.165, 1.54) is 18.5 Å². The Hall–Kier alpha value is -1.35. The average molecular weight is 247 g/mol. The van der Waals surface area contributed by atoms with Gasteiger partial charge in [0.15, 0.2) is 0 Å². The molecule has 1 saturated heterocycles. The third-order valence-corrected chi connectivity index (χ3v) is 3.78. The fraction of sp³-hybridized carbons (Fsp3) is 0.533. The number of nitrogens with zero attached hydrogens (tertiary/aromatic N) is 1. The third kappa shape index (κ3) is 2.72. The summed E-state index contributed by atoms with van der Waals surface area (Å²) in [4.78, 5) is 13.2. The molecule has 1 aromatic carbocycles. The lowest BCUT2D eigenvalue weighted by molar-refractivity contribution is 0.112. The molecule has 2 rings (SSSR count). The summed E-state index contributed by atoms with van der Waals surface area (Å²) in [6, 6.07) is 6.58. The standard InChI is InChI=1S/C15H21NO2/c1-12-10-15(7-6-13(12)11-18)16-8-2-4-14(16)5-3-9-17/h6-7,10-11,14,17H,2-5,8-9H2,1H3. The summed E-state index contributed by atoms with van der Waals surface area (Å²) in [7, 11) is 0. The van der Waals surface area contributed by atoms with Gasteiger partial charge in [0, 0.05) is 30.4 Å². The Morgan fingerprint density at radius 2 is 2.33 bits per heavy atom. The van der Waals surface area contributed by atoms with Gasteiger partial charge in [-0.2, -0.15) is 0 Å². The molecule has 0 saturated carbocycles. The molecule has 0 aliphatic carbocycles. The van der Waals surface area contributed by atoms with Crippen LogP contribution >= 0.6 is 0 Å². The first-order valence-corrected chi connectivity index (χ1v) is 6.69. The lowest BCUT2D eigenvalue weighted by atomic mass is 10.1. The summed E-state index contributed by atoms with van der Waals surface area (Å²) < 4.78 is 0. The van der Waals surface area contributed by atoms with E-state index in [-0.39, 0.29) is 6.61 Å². The monoisotopic (exact) mass is 247 g/mol. The summed E-state index contributed by atoms with van der Waals surface area (Å²) in [6.45, 7) is 3.33. The molecule has 0 spiro atoms. The molecule has 1 heterocycles. The molecule has 1 N–H and O–H groups in total. The first-order chi connectivity index (χ1) is 8.76. The van der Waals surface area contributed by atoms with E-state index in [1.54, 1.807) is 0 Å². The number of carbonyl (C=O) groups is 1. The maximum Gasteiger partial charge on any atom is 0.150 e. The highest BCUT2D eigenvalue weighted by Gasteiger charge is 2.24. The smallest absolute Gasteiger partial charge is 0.150 e. The summed E-state index contributed by atoms with van der Waals surface area (Å²) in [6.07, 6.45) is 5.24. The van der Waals surface area contributed by atoms with Gasteiger partial charge in [-0.25, -0.2) is 0 Å². The van der Waals surface area contributed by atoms with Crippen LogP contribution in [0.1, 0.15) is 41.6 Å². The van der Waals surface area contributed by atoms with Crippen LogP contribution in [0.15, 0.2) is 18.2 Å². The molecule has 1 aliphatic rings. The lowest BCUT2D eigenvalue weighted by Gasteiger charge is -2.27. The fourth-order valence-corrected chi connectivity index (χ4v) is 2.77. The Morgan fingerprint density at radius 3 is 3.00 bits per heavy atom. The largest absolute Gasteiger partial charge is 0.396 e. The number of hydrogen-bond donors (Lipinski definition) is 1. The number of aldehydes is 1. The lowest BCUT2D eigenvalue weighted by Crippen LogP contribution is -2.29. The predicted octanol–water partition coefficient (Wildman–Crippen LogP) is 2.55. The van der Waals surface area contributed by atoms with Crippen molar-refractivity contribution < 1.29 is 9.90 Å². The van der Waals surface area contributed by atoms with Crippen LogP contribution in [-0.4, -0.2) is 30.6 Å². The molecule has 1 aliphatic heterocycles. The Morgan fingerprint density at radius 1 is 1.50 bits per heavy atom. The number of benzene rings is 1. The molecule has 3 heteroatoms. The van der Waals surface area contributed by atoms with Gasteiger partial charge in [-0.05, 0) is 56.4 Å². The van der Waals surface area contributed by atoms with Crippen molar-refractivity contribution in [2.45, 2.75) is 38.6 Å². The van der Waals surface area contributed by atoms with Crippen LogP contribution in [0.25, 0.3) is 0 Å². The van der Waals surface area contributed by atoms with E-state index in [2.05, 4.69) is 11.0 Å². The normalized spacial score (nSPS) is 19.2. The molecule has 1 atom stereocenters. The van der Waals surface area contributed by atoms with Crippen LogP contribution in [0.4, 0.5) is 5.69 Å². The summed E-state index contributed by atoms with van der Waals surface area (Å²) in [5.74, 6) is 0. The Bertz CT molecular complexity index is 417. The summed E-state index contributed by atoms with van der Waals surface area (Å²) >= 11 is 0. The van der Waals surface area contributed by atoms with Crippen molar-refractivity contribution in [2.75, 3.05) is 18.1 Å². The van der Waals surface area contributed by atoms with Crippen molar-refractivity contribution in [3.8, 4) is 0 Å². The number of aliphatic hydroxyl groups is 1. The molecule has 0 amide bonds. The van der Waals surface area contributed by atoms with E-state index in [9.17, 15) is 4.79 Å². The molecule has 98 valence electrons. The zero-order valence-electron chi connectivity index (χ0n) is 10.9. The van der Waals surface area contributed by atoms with Gasteiger partial charge in [0.1, 0.15) is 6.29 Å². The number of aliphatic hydroxyl groups excluding tert-OH is 1. The maximum atomic E-state index is 10.8. The van der Waals surface area contributed by atoms with Gasteiger partial charge in [-0.3, -0.25) is 4.79 Å². The van der Waals surface area contributed by atoms with Crippen molar-refractivity contribution in [3.05, 3.63) is 29.3 Å². The minimum absolute atomic E-state index is 0.271. The first-order valence-electron chi connectivity index (χ1n) is 6.69. The number of carbonyl (C=O) groups excluding carboxylic acids is 1. The second-order valence-corrected chi connectivity index (χ2v) is 5.01. The Balaban J connectivity index is 2.14. The van der Waals surface area contributed by atoms with E-state index < -0.39 is 0 Å². The van der Waals surface area contributed by atoms with Crippen LogP contribution in [0, 0.1) is 6.92 Å². The minimum atomic E-state index is 0.271. The molecule has 18 heavy (non-hydrogen) atoms. The summed E-state index contributed by atoms with van der Waals surface area (Å²) in [5, 5.41) is 8.94. The highest BCUT2D eigenvalue weighted by molar-refractivity contribution is 5.78. The number of rotatable bonds is 5. The van der Waals surface area contributed by atoms with Crippen LogP contribution in [0.2, 0.25) is 0 Å². The topological polar surface area (TPSA) is 40.5 Å². The molecule has 0 aromatic heterocycles. The first kappa shape index (κ1) is 13.1. The SMILES string of the molecule is Cc1cc(N2CCCC2CCCO)ccc1C=O. The predicted molar refractivity (Wildman–Crippen MR) is 73.3 cm³/mol. The van der Waals surface area contributed by atoms with E-state index in [0.29, 0.717) is 6.04 Å². The van der Waals surface area contributed by atoms with Gasteiger partial charge in [0.25, 0.3) is 0 Å². The second kappa shape index (κ2) is 6.01. The zero-order valence-corrected chi connectivity index (χ0v) is 10.9. The van der Waals surface area contributed by atoms with Crippen molar-refractivity contribution in [3.63, 3.8) is 0 Å². The molecular weight excluding hydrogens is 226 g/mol. The molecule has 1 unspecified atom stereocenters. The van der Waals surface area contributed by atoms with Gasteiger partial charge in [-0.15, -0.1) is 0 Å². The average Bonchev–Trinajstić information content (AvgIpc) is 2.84. The van der Waals surface area contributed by atoms with Crippen molar-refractivity contribution in [1.29, 1.82) is 0 Å². The molecule has 0 radical (unpaired) electrons. The van der Waals surface area contributed by atoms with Gasteiger partial charge in [-0.1, -0.05) is 0 Å². The van der Waals surface area contributed by atoms with E-state index in [1.807, 2.05) is 19.1 Å². The number of aryl methyl sites for hydroxylation is 1. The number of hydrogen-bond acceptors (Lipinski definition) is 3. The quantitative estimate of drug-likeness (QED) is 0.813. The second-order valence-electron chi connectivity index (χ2n) is 5.01. The number of anilines is 1. The third-order valence-electron chi connectivity index (χ3n) is 3.78. The van der Waals surface area contributed by atoms with Gasteiger partial charge in [0.2, 0.25) is 0 Å². The maximum absolute atomic E-state index is 10.8. The molecular formula is C15H21NO2. The molecule has 3 nitrogen and oxygen atoms in total. The molecule has 1 aromatic rings. The summed E-state index contributed by atoms with van der Waals surface area (Å²) in [5.41, 5.74) is 3.01. The Kier molecular flexibility index (Phi) is 4.37. The highest BCUT2D eigenvalue weighted by Crippen LogP contribution is 2.29. The van der Waals surface area contributed by atoms with Gasteiger partial charge < -0.3 is 10.0 Å². The fourth-order valence-electron chi connectivity index (χ4n) is 2.77. The van der Waals surface area contributed by atoms with Gasteiger partial charge >= 0.3 is 0 Å². The van der Waals surface area contributed by atoms with Crippen LogP contribution in [-0.2, 0) is 0 Å². The van der Waals surface area contributed by atoms with Crippen LogP contribution < -0.4 is 4.90 Å². The van der Waals surface area contributed by atoms with Crippen LogP contribution in [0.3, 0.4) is 0 Å². The highest BCUT2D eigenvalue weighted by atomic mass is 16.2. The van der Waals surface area contributed by atoms with Crippen molar-refractivity contribution >= 4 is 12.0 Å². The van der Waals surface area contributed by atoms with Crippen molar-refractivity contribution in [2.24, 2.45) is 0 Å². The molecule has 1 fully saturated rings. The Labute approximate surface area is 108 Å². The zero-order chi connectivity index (χ0) is 13.0. The minimum Gasteiger partial charge on any atom is -0.396 e. The van der Waals surface area contributed by atoms with E-state index in [4.69, 9.17) is 5.11 Å². The van der Waals surface area contributed by atoms with Gasteiger partial charge in [0.05, 0.1) is 0 Å². The van der Waals surface area contributed by atoms with E-state index >= 15 is 0 Å². The van der Waals surface area contributed by atoms with Crippen LogP contribution in [0.5, 0.6) is 0 Å². The van der Waals surface area contributed by atoms with Crippen molar-refractivity contribution in [1.82, 2.24) is 0 Å². The van der Waals surface area contributed by atoms with E-state index in [0.717, 1.165) is 36.8 Å². The molecule has 0 bridgehead atoms.